The Morgan fingerprint density at radius 3 is 2.62 bits per heavy atom. The first-order chi connectivity index (χ1) is 13.8. The van der Waals surface area contributed by atoms with Gasteiger partial charge in [-0.15, -0.1) is 0 Å². The van der Waals surface area contributed by atoms with Crippen LogP contribution in [0.5, 0.6) is 0 Å². The molecule has 2 aromatic heterocycles. The maximum atomic E-state index is 12.9. The molecular formula is C22H27N5O2. The fourth-order valence-corrected chi connectivity index (χ4v) is 4.17. The average Bonchev–Trinajstić information content (AvgIpc) is 3.29. The Morgan fingerprint density at radius 1 is 1.24 bits per heavy atom. The summed E-state index contributed by atoms with van der Waals surface area (Å²) in [6.07, 6.45) is 4.19. The molecule has 1 saturated heterocycles. The first kappa shape index (κ1) is 19.4. The number of benzene rings is 1. The van der Waals surface area contributed by atoms with Crippen LogP contribution in [0.3, 0.4) is 0 Å². The van der Waals surface area contributed by atoms with Gasteiger partial charge in [-0.1, -0.05) is 51.1 Å². The van der Waals surface area contributed by atoms with Gasteiger partial charge in [0.05, 0.1) is 24.1 Å². The van der Waals surface area contributed by atoms with Crippen LogP contribution in [0, 0.1) is 5.41 Å². The van der Waals surface area contributed by atoms with Gasteiger partial charge in [-0.25, -0.2) is 9.97 Å². The SMILES string of the molecule is CC(C)(C)C(=O)N1CC(n2cc(-c3ccccc3)c3c(N)ncnc32)CC1CO. The number of aliphatic hydroxyl groups is 1. The predicted molar refractivity (Wildman–Crippen MR) is 113 cm³/mol. The Kier molecular flexibility index (Phi) is 4.78. The number of aromatic nitrogens is 3. The summed E-state index contributed by atoms with van der Waals surface area (Å²) in [4.78, 5) is 23.4. The number of nitrogen functional groups attached to an aromatic ring is 1. The van der Waals surface area contributed by atoms with E-state index in [1.807, 2.05) is 56.0 Å². The quantitative estimate of drug-likeness (QED) is 0.713. The smallest absolute Gasteiger partial charge is 0.228 e. The molecule has 0 radical (unpaired) electrons. The number of likely N-dealkylation sites (tertiary alicyclic amines) is 1. The van der Waals surface area contributed by atoms with Crippen molar-refractivity contribution in [2.24, 2.45) is 5.41 Å². The Bertz CT molecular complexity index is 1040. The number of amides is 1. The molecule has 152 valence electrons. The second-order valence-electron chi connectivity index (χ2n) is 8.71. The van der Waals surface area contributed by atoms with E-state index in [0.717, 1.165) is 22.2 Å². The third kappa shape index (κ3) is 3.35. The molecule has 2 atom stereocenters. The maximum absolute atomic E-state index is 12.9. The lowest BCUT2D eigenvalue weighted by molar-refractivity contribution is -0.141. The van der Waals surface area contributed by atoms with E-state index in [-0.39, 0.29) is 24.6 Å². The number of aliphatic hydroxyl groups excluding tert-OH is 1. The van der Waals surface area contributed by atoms with Crippen molar-refractivity contribution in [3.8, 4) is 11.1 Å². The second-order valence-corrected chi connectivity index (χ2v) is 8.71. The van der Waals surface area contributed by atoms with Crippen molar-refractivity contribution in [1.82, 2.24) is 19.4 Å². The highest BCUT2D eigenvalue weighted by atomic mass is 16.3. The number of hydrogen-bond acceptors (Lipinski definition) is 5. The van der Waals surface area contributed by atoms with E-state index < -0.39 is 5.41 Å². The molecule has 0 bridgehead atoms. The van der Waals surface area contributed by atoms with Crippen LogP contribution >= 0.6 is 0 Å². The van der Waals surface area contributed by atoms with Gasteiger partial charge in [0.1, 0.15) is 17.8 Å². The Labute approximate surface area is 170 Å². The molecule has 4 rings (SSSR count). The summed E-state index contributed by atoms with van der Waals surface area (Å²) >= 11 is 0. The zero-order chi connectivity index (χ0) is 20.8. The number of rotatable bonds is 3. The minimum absolute atomic E-state index is 0.00714. The molecule has 3 heterocycles. The standard InChI is InChI=1S/C22H27N5O2/c1-22(2,3)21(29)27-10-15(9-16(27)12-28)26-11-17(14-7-5-4-6-8-14)18-19(23)24-13-25-20(18)26/h4-8,11,13,15-16,28H,9-10,12H2,1-3H3,(H2,23,24,25). The Balaban J connectivity index is 1.79. The molecule has 7 nitrogen and oxygen atoms in total. The third-order valence-electron chi connectivity index (χ3n) is 5.62. The molecular weight excluding hydrogens is 366 g/mol. The number of nitrogens with two attached hydrogens (primary N) is 1. The lowest BCUT2D eigenvalue weighted by atomic mass is 9.94. The molecule has 3 aromatic rings. The molecule has 3 N–H and O–H groups in total. The number of nitrogens with zero attached hydrogens (tertiary/aromatic N) is 4. The van der Waals surface area contributed by atoms with E-state index in [1.165, 1.54) is 6.33 Å². The number of hydrogen-bond donors (Lipinski definition) is 2. The molecule has 0 spiro atoms. The highest BCUT2D eigenvalue weighted by Gasteiger charge is 2.40. The molecule has 0 saturated carbocycles. The van der Waals surface area contributed by atoms with Gasteiger partial charge in [0.15, 0.2) is 0 Å². The minimum Gasteiger partial charge on any atom is -0.394 e. The first-order valence-corrected chi connectivity index (χ1v) is 9.89. The highest BCUT2D eigenvalue weighted by molar-refractivity contribution is 6.00. The van der Waals surface area contributed by atoms with E-state index in [1.54, 1.807) is 0 Å². The summed E-state index contributed by atoms with van der Waals surface area (Å²) in [6, 6.07) is 9.81. The van der Waals surface area contributed by atoms with Crippen molar-refractivity contribution >= 4 is 22.8 Å². The van der Waals surface area contributed by atoms with Gasteiger partial charge in [0.2, 0.25) is 5.91 Å². The fourth-order valence-electron chi connectivity index (χ4n) is 4.17. The van der Waals surface area contributed by atoms with Crippen LogP contribution in [-0.4, -0.2) is 49.6 Å². The lowest BCUT2D eigenvalue weighted by Crippen LogP contribution is -2.44. The van der Waals surface area contributed by atoms with Crippen LogP contribution in [0.25, 0.3) is 22.2 Å². The zero-order valence-corrected chi connectivity index (χ0v) is 17.0. The van der Waals surface area contributed by atoms with Crippen molar-refractivity contribution in [1.29, 1.82) is 0 Å². The Hall–Kier alpha value is -2.93. The van der Waals surface area contributed by atoms with E-state index in [0.29, 0.717) is 18.8 Å². The number of anilines is 1. The molecule has 2 unspecified atom stereocenters. The van der Waals surface area contributed by atoms with Crippen LogP contribution in [-0.2, 0) is 4.79 Å². The lowest BCUT2D eigenvalue weighted by Gasteiger charge is -2.29. The van der Waals surface area contributed by atoms with Crippen molar-refractivity contribution in [2.75, 3.05) is 18.9 Å². The summed E-state index contributed by atoms with van der Waals surface area (Å²) in [5, 5.41) is 10.7. The van der Waals surface area contributed by atoms with Crippen LogP contribution in [0.15, 0.2) is 42.9 Å². The number of carbonyl (C=O) groups excluding carboxylic acids is 1. The number of carbonyl (C=O) groups is 1. The summed E-state index contributed by atoms with van der Waals surface area (Å²) in [6.45, 7) is 6.19. The van der Waals surface area contributed by atoms with Gasteiger partial charge in [-0.05, 0) is 12.0 Å². The molecule has 1 aliphatic rings. The molecule has 1 aliphatic heterocycles. The summed E-state index contributed by atoms with van der Waals surface area (Å²) in [5.41, 5.74) is 8.49. The minimum atomic E-state index is -0.497. The Morgan fingerprint density at radius 2 is 1.97 bits per heavy atom. The van der Waals surface area contributed by atoms with Gasteiger partial charge in [-0.3, -0.25) is 4.79 Å². The fraction of sp³-hybridized carbons (Fsp3) is 0.409. The first-order valence-electron chi connectivity index (χ1n) is 9.89. The molecule has 7 heteroatoms. The third-order valence-corrected chi connectivity index (χ3v) is 5.62. The van der Waals surface area contributed by atoms with Crippen LogP contribution < -0.4 is 5.73 Å². The van der Waals surface area contributed by atoms with E-state index in [9.17, 15) is 9.90 Å². The van der Waals surface area contributed by atoms with Crippen molar-refractivity contribution < 1.29 is 9.90 Å². The van der Waals surface area contributed by atoms with Gasteiger partial charge < -0.3 is 20.3 Å². The van der Waals surface area contributed by atoms with Crippen molar-refractivity contribution in [3.63, 3.8) is 0 Å². The topological polar surface area (TPSA) is 97.3 Å². The van der Waals surface area contributed by atoms with Crippen molar-refractivity contribution in [3.05, 3.63) is 42.9 Å². The van der Waals surface area contributed by atoms with E-state index in [4.69, 9.17) is 5.73 Å². The average molecular weight is 393 g/mol. The molecule has 1 aromatic carbocycles. The summed E-state index contributed by atoms with van der Waals surface area (Å²) < 4.78 is 2.09. The molecule has 29 heavy (non-hydrogen) atoms. The van der Waals surface area contributed by atoms with E-state index in [2.05, 4.69) is 20.7 Å². The number of fused-ring (bicyclic) bond motifs is 1. The maximum Gasteiger partial charge on any atom is 0.228 e. The van der Waals surface area contributed by atoms with Gasteiger partial charge >= 0.3 is 0 Å². The van der Waals surface area contributed by atoms with Gasteiger partial charge in [0, 0.05) is 23.7 Å². The molecule has 1 fully saturated rings. The summed E-state index contributed by atoms with van der Waals surface area (Å²) in [7, 11) is 0. The largest absolute Gasteiger partial charge is 0.394 e. The zero-order valence-electron chi connectivity index (χ0n) is 17.0. The van der Waals surface area contributed by atoms with Crippen LogP contribution in [0.2, 0.25) is 0 Å². The van der Waals surface area contributed by atoms with Gasteiger partial charge in [0.25, 0.3) is 0 Å². The van der Waals surface area contributed by atoms with Crippen molar-refractivity contribution in [2.45, 2.75) is 39.3 Å². The normalized spacial score (nSPS) is 19.8. The van der Waals surface area contributed by atoms with Crippen LogP contribution in [0.1, 0.15) is 33.2 Å². The highest BCUT2D eigenvalue weighted by Crippen LogP contribution is 2.38. The predicted octanol–water partition coefficient (Wildman–Crippen LogP) is 2.86. The van der Waals surface area contributed by atoms with Gasteiger partial charge in [-0.2, -0.15) is 0 Å². The van der Waals surface area contributed by atoms with E-state index >= 15 is 0 Å². The summed E-state index contributed by atoms with van der Waals surface area (Å²) in [5.74, 6) is 0.486. The molecule has 1 amide bonds. The molecule has 0 aliphatic carbocycles. The second kappa shape index (κ2) is 7.15. The monoisotopic (exact) mass is 393 g/mol. The van der Waals surface area contributed by atoms with Crippen LogP contribution in [0.4, 0.5) is 5.82 Å².